The van der Waals surface area contributed by atoms with Gasteiger partial charge < -0.3 is 4.90 Å². The lowest BCUT2D eigenvalue weighted by Gasteiger charge is -2.24. The van der Waals surface area contributed by atoms with Crippen LogP contribution >= 0.6 is 15.9 Å². The van der Waals surface area contributed by atoms with E-state index in [2.05, 4.69) is 50.0 Å². The molecule has 1 saturated heterocycles. The monoisotopic (exact) mass is 364 g/mol. The van der Waals surface area contributed by atoms with Crippen LogP contribution in [0.3, 0.4) is 0 Å². The summed E-state index contributed by atoms with van der Waals surface area (Å²) in [4.78, 5) is 17.2. The van der Waals surface area contributed by atoms with Gasteiger partial charge in [0.05, 0.1) is 0 Å². The molecule has 0 radical (unpaired) electrons. The van der Waals surface area contributed by atoms with Crippen LogP contribution in [0.25, 0.3) is 0 Å². The van der Waals surface area contributed by atoms with Crippen LogP contribution in [0.15, 0.2) is 28.7 Å². The van der Waals surface area contributed by atoms with Crippen LogP contribution in [-0.2, 0) is 11.3 Å². The first-order chi connectivity index (χ1) is 10.7. The van der Waals surface area contributed by atoms with E-state index in [1.54, 1.807) is 0 Å². The van der Waals surface area contributed by atoms with Crippen LogP contribution in [0, 0.1) is 5.92 Å². The van der Waals surface area contributed by atoms with Gasteiger partial charge in [-0.25, -0.2) is 0 Å². The predicted octanol–water partition coefficient (Wildman–Crippen LogP) is 3.67. The molecule has 1 aliphatic carbocycles. The minimum Gasteiger partial charge on any atom is -0.341 e. The second-order valence-electron chi connectivity index (χ2n) is 6.57. The zero-order valence-corrected chi connectivity index (χ0v) is 14.7. The Balaban J connectivity index is 1.54. The first-order valence-electron chi connectivity index (χ1n) is 8.48. The standard InChI is InChI=1S/C18H25BrN2O/c19-17-8-3-5-15(13-17)14-20-9-4-10-21(12-11-20)18(22)16-6-1-2-7-16/h3,5,8,13,16H,1-2,4,6-7,9-12,14H2. The van der Waals surface area contributed by atoms with Crippen LogP contribution in [0.1, 0.15) is 37.7 Å². The Morgan fingerprint density at radius 3 is 2.68 bits per heavy atom. The first-order valence-corrected chi connectivity index (χ1v) is 9.27. The SMILES string of the molecule is O=C(C1CCCC1)N1CCCN(Cc2cccc(Br)c2)CC1. The molecule has 1 aromatic carbocycles. The number of amides is 1. The summed E-state index contributed by atoms with van der Waals surface area (Å²) in [5, 5.41) is 0. The molecule has 1 saturated carbocycles. The highest BCUT2D eigenvalue weighted by Crippen LogP contribution is 2.27. The first kappa shape index (κ1) is 16.0. The minimum atomic E-state index is 0.316. The van der Waals surface area contributed by atoms with Crippen molar-refractivity contribution in [2.75, 3.05) is 26.2 Å². The van der Waals surface area contributed by atoms with E-state index in [-0.39, 0.29) is 0 Å². The molecule has 1 amide bonds. The fourth-order valence-corrected chi connectivity index (χ4v) is 4.12. The fraction of sp³-hybridized carbons (Fsp3) is 0.611. The summed E-state index contributed by atoms with van der Waals surface area (Å²) in [7, 11) is 0. The van der Waals surface area contributed by atoms with Gasteiger partial charge >= 0.3 is 0 Å². The molecular formula is C18H25BrN2O. The van der Waals surface area contributed by atoms with Crippen molar-refractivity contribution >= 4 is 21.8 Å². The maximum absolute atomic E-state index is 12.6. The van der Waals surface area contributed by atoms with Gasteiger partial charge in [0.2, 0.25) is 5.91 Å². The van der Waals surface area contributed by atoms with E-state index in [0.29, 0.717) is 11.8 Å². The second kappa shape index (κ2) is 7.60. The molecule has 0 spiro atoms. The second-order valence-corrected chi connectivity index (χ2v) is 7.48. The molecule has 4 heteroatoms. The molecular weight excluding hydrogens is 340 g/mol. The highest BCUT2D eigenvalue weighted by molar-refractivity contribution is 9.10. The van der Waals surface area contributed by atoms with Gasteiger partial charge in [-0.3, -0.25) is 9.69 Å². The van der Waals surface area contributed by atoms with E-state index in [0.717, 1.165) is 56.5 Å². The van der Waals surface area contributed by atoms with E-state index >= 15 is 0 Å². The van der Waals surface area contributed by atoms with Crippen LogP contribution < -0.4 is 0 Å². The molecule has 1 heterocycles. The van der Waals surface area contributed by atoms with Crippen molar-refractivity contribution in [2.45, 2.75) is 38.6 Å². The fourth-order valence-electron chi connectivity index (χ4n) is 3.67. The van der Waals surface area contributed by atoms with Crippen molar-refractivity contribution in [1.82, 2.24) is 9.80 Å². The Hall–Kier alpha value is -0.870. The number of benzene rings is 1. The number of carbonyl (C=O) groups excluding carboxylic acids is 1. The number of carbonyl (C=O) groups is 1. The zero-order valence-electron chi connectivity index (χ0n) is 13.1. The lowest BCUT2D eigenvalue weighted by atomic mass is 10.1. The van der Waals surface area contributed by atoms with Gasteiger partial charge in [0.15, 0.2) is 0 Å². The van der Waals surface area contributed by atoms with E-state index in [9.17, 15) is 4.79 Å². The minimum absolute atomic E-state index is 0.316. The molecule has 2 fully saturated rings. The van der Waals surface area contributed by atoms with E-state index in [1.165, 1.54) is 18.4 Å². The van der Waals surface area contributed by atoms with Crippen molar-refractivity contribution in [2.24, 2.45) is 5.92 Å². The summed E-state index contributed by atoms with van der Waals surface area (Å²) in [5.74, 6) is 0.735. The lowest BCUT2D eigenvalue weighted by Crippen LogP contribution is -2.38. The van der Waals surface area contributed by atoms with Crippen LogP contribution in [0.5, 0.6) is 0 Å². The zero-order chi connectivity index (χ0) is 15.4. The summed E-state index contributed by atoms with van der Waals surface area (Å²) >= 11 is 3.54. The average molecular weight is 365 g/mol. The Morgan fingerprint density at radius 2 is 1.91 bits per heavy atom. The smallest absolute Gasteiger partial charge is 0.225 e. The summed E-state index contributed by atoms with van der Waals surface area (Å²) in [5.41, 5.74) is 1.34. The molecule has 1 aromatic rings. The molecule has 0 atom stereocenters. The van der Waals surface area contributed by atoms with Gasteiger partial charge in [-0.05, 0) is 37.0 Å². The number of hydrogen-bond acceptors (Lipinski definition) is 2. The molecule has 1 aliphatic heterocycles. The molecule has 0 unspecified atom stereocenters. The predicted molar refractivity (Wildman–Crippen MR) is 92.6 cm³/mol. The van der Waals surface area contributed by atoms with Crippen LogP contribution in [0.4, 0.5) is 0 Å². The van der Waals surface area contributed by atoms with Crippen LogP contribution in [-0.4, -0.2) is 41.9 Å². The number of nitrogens with zero attached hydrogens (tertiary/aromatic N) is 2. The lowest BCUT2D eigenvalue weighted by molar-refractivity contribution is -0.135. The number of hydrogen-bond donors (Lipinski definition) is 0. The largest absolute Gasteiger partial charge is 0.341 e. The van der Waals surface area contributed by atoms with Crippen LogP contribution in [0.2, 0.25) is 0 Å². The highest BCUT2D eigenvalue weighted by Gasteiger charge is 2.28. The molecule has 0 bridgehead atoms. The maximum atomic E-state index is 12.6. The summed E-state index contributed by atoms with van der Waals surface area (Å²) < 4.78 is 1.14. The number of halogens is 1. The summed E-state index contributed by atoms with van der Waals surface area (Å²) in [6, 6.07) is 8.52. The van der Waals surface area contributed by atoms with Crippen molar-refractivity contribution in [3.8, 4) is 0 Å². The van der Waals surface area contributed by atoms with E-state index < -0.39 is 0 Å². The molecule has 3 rings (SSSR count). The molecule has 2 aliphatic rings. The number of rotatable bonds is 3. The van der Waals surface area contributed by atoms with Gasteiger partial charge in [-0.2, -0.15) is 0 Å². The summed E-state index contributed by atoms with van der Waals surface area (Å²) in [6.45, 7) is 4.88. The molecule has 120 valence electrons. The van der Waals surface area contributed by atoms with Crippen molar-refractivity contribution in [3.05, 3.63) is 34.3 Å². The normalized spacial score (nSPS) is 21.0. The van der Waals surface area contributed by atoms with Gasteiger partial charge in [-0.1, -0.05) is 40.9 Å². The molecule has 22 heavy (non-hydrogen) atoms. The van der Waals surface area contributed by atoms with Crippen molar-refractivity contribution in [3.63, 3.8) is 0 Å². The van der Waals surface area contributed by atoms with Crippen molar-refractivity contribution in [1.29, 1.82) is 0 Å². The van der Waals surface area contributed by atoms with E-state index in [1.807, 2.05) is 0 Å². The van der Waals surface area contributed by atoms with Gasteiger partial charge in [-0.15, -0.1) is 0 Å². The quantitative estimate of drug-likeness (QED) is 0.816. The Kier molecular flexibility index (Phi) is 5.53. The third kappa shape index (κ3) is 4.11. The summed E-state index contributed by atoms with van der Waals surface area (Å²) in [6.07, 6.45) is 5.78. The molecule has 0 aromatic heterocycles. The highest BCUT2D eigenvalue weighted by atomic mass is 79.9. The van der Waals surface area contributed by atoms with Gasteiger partial charge in [0, 0.05) is 43.1 Å². The third-order valence-electron chi connectivity index (χ3n) is 4.90. The molecule has 0 N–H and O–H groups in total. The Bertz CT molecular complexity index is 514. The maximum Gasteiger partial charge on any atom is 0.225 e. The van der Waals surface area contributed by atoms with Gasteiger partial charge in [0.1, 0.15) is 0 Å². The third-order valence-corrected chi connectivity index (χ3v) is 5.39. The Morgan fingerprint density at radius 1 is 1.09 bits per heavy atom. The van der Waals surface area contributed by atoms with E-state index in [4.69, 9.17) is 0 Å². The average Bonchev–Trinajstić information content (AvgIpc) is 2.94. The van der Waals surface area contributed by atoms with Gasteiger partial charge in [0.25, 0.3) is 0 Å². The Labute approximate surface area is 141 Å². The topological polar surface area (TPSA) is 23.6 Å². The molecule has 3 nitrogen and oxygen atoms in total. The van der Waals surface area contributed by atoms with Crippen molar-refractivity contribution < 1.29 is 4.79 Å².